The van der Waals surface area contributed by atoms with Crippen LogP contribution in [-0.2, 0) is 11.2 Å². The van der Waals surface area contributed by atoms with E-state index in [0.29, 0.717) is 5.69 Å². The largest absolute Gasteiger partial charge is 0.480 e. The number of hydrogen-bond donors (Lipinski definition) is 3. The lowest BCUT2D eigenvalue weighted by Crippen LogP contribution is -2.46. The smallest absolute Gasteiger partial charge is 0.326 e. The third kappa shape index (κ3) is 4.91. The fraction of sp³-hybridized carbons (Fsp3) is 0.467. The van der Waals surface area contributed by atoms with Crippen LogP contribution in [0, 0.1) is 5.92 Å². The average molecular weight is 278 g/mol. The van der Waals surface area contributed by atoms with Crippen molar-refractivity contribution in [3.8, 4) is 0 Å². The van der Waals surface area contributed by atoms with E-state index < -0.39 is 18.0 Å². The molecule has 1 atom stereocenters. The van der Waals surface area contributed by atoms with Gasteiger partial charge in [-0.3, -0.25) is 0 Å². The van der Waals surface area contributed by atoms with E-state index in [9.17, 15) is 9.59 Å². The summed E-state index contributed by atoms with van der Waals surface area (Å²) >= 11 is 0. The van der Waals surface area contributed by atoms with Crippen molar-refractivity contribution < 1.29 is 14.7 Å². The second-order valence-corrected chi connectivity index (χ2v) is 5.11. The third-order valence-electron chi connectivity index (χ3n) is 2.97. The lowest BCUT2D eigenvalue weighted by Gasteiger charge is -2.18. The van der Waals surface area contributed by atoms with Crippen molar-refractivity contribution in [1.82, 2.24) is 5.32 Å². The number of nitrogens with one attached hydrogen (secondary N) is 2. The number of aryl methyl sites for hydroxylation is 1. The highest BCUT2D eigenvalue weighted by atomic mass is 16.4. The van der Waals surface area contributed by atoms with Gasteiger partial charge in [0.25, 0.3) is 0 Å². The number of urea groups is 1. The number of carboxylic acid groups (broad SMARTS) is 1. The van der Waals surface area contributed by atoms with Gasteiger partial charge < -0.3 is 15.7 Å². The molecule has 20 heavy (non-hydrogen) atoms. The van der Waals surface area contributed by atoms with E-state index in [4.69, 9.17) is 5.11 Å². The van der Waals surface area contributed by atoms with Crippen LogP contribution in [0.1, 0.15) is 32.8 Å². The molecule has 0 bridgehead atoms. The Morgan fingerprint density at radius 1 is 1.20 bits per heavy atom. The summed E-state index contributed by atoms with van der Waals surface area (Å²) in [4.78, 5) is 22.8. The first-order valence-electron chi connectivity index (χ1n) is 6.83. The van der Waals surface area contributed by atoms with E-state index in [1.807, 2.05) is 24.3 Å². The molecule has 1 aromatic rings. The van der Waals surface area contributed by atoms with Crippen LogP contribution in [0.4, 0.5) is 10.5 Å². The van der Waals surface area contributed by atoms with Gasteiger partial charge in [0, 0.05) is 5.69 Å². The summed E-state index contributed by atoms with van der Waals surface area (Å²) in [5.41, 5.74) is 1.86. The fourth-order valence-electron chi connectivity index (χ4n) is 1.87. The van der Waals surface area contributed by atoms with Crippen molar-refractivity contribution in [2.45, 2.75) is 39.7 Å². The molecule has 0 fully saturated rings. The number of hydrogen-bond acceptors (Lipinski definition) is 2. The molecule has 0 radical (unpaired) electrons. The summed E-state index contributed by atoms with van der Waals surface area (Å²) in [6, 6.07) is 6.14. The van der Waals surface area contributed by atoms with Crippen LogP contribution in [0.3, 0.4) is 0 Å². The van der Waals surface area contributed by atoms with Gasteiger partial charge in [-0.25, -0.2) is 9.59 Å². The average Bonchev–Trinajstić information content (AvgIpc) is 2.38. The van der Waals surface area contributed by atoms with E-state index in [2.05, 4.69) is 17.6 Å². The maximum atomic E-state index is 11.8. The molecule has 1 aromatic carbocycles. The highest BCUT2D eigenvalue weighted by Gasteiger charge is 2.23. The van der Waals surface area contributed by atoms with E-state index in [1.54, 1.807) is 13.8 Å². The fourth-order valence-corrected chi connectivity index (χ4v) is 1.87. The molecule has 1 rings (SSSR count). The van der Waals surface area contributed by atoms with Crippen LogP contribution in [0.25, 0.3) is 0 Å². The molecule has 0 saturated carbocycles. The topological polar surface area (TPSA) is 78.4 Å². The van der Waals surface area contributed by atoms with Crippen LogP contribution in [-0.4, -0.2) is 23.1 Å². The predicted octanol–water partition coefficient (Wildman–Crippen LogP) is 2.87. The molecule has 0 heterocycles. The van der Waals surface area contributed by atoms with Crippen molar-refractivity contribution in [3.63, 3.8) is 0 Å². The van der Waals surface area contributed by atoms with Gasteiger partial charge in [-0.05, 0) is 30.0 Å². The molecule has 0 saturated heterocycles. The van der Waals surface area contributed by atoms with Crippen molar-refractivity contribution >= 4 is 17.7 Å². The van der Waals surface area contributed by atoms with Crippen LogP contribution in [0.5, 0.6) is 0 Å². The first-order valence-corrected chi connectivity index (χ1v) is 6.83. The highest BCUT2D eigenvalue weighted by molar-refractivity contribution is 5.92. The summed E-state index contributed by atoms with van der Waals surface area (Å²) in [6.07, 6.45) is 2.07. The second kappa shape index (κ2) is 7.53. The quantitative estimate of drug-likeness (QED) is 0.748. The van der Waals surface area contributed by atoms with E-state index >= 15 is 0 Å². The minimum atomic E-state index is -1.03. The Balaban J connectivity index is 2.59. The number of amides is 2. The number of benzene rings is 1. The number of carbonyl (C=O) groups excluding carboxylic acids is 1. The molecule has 0 aliphatic rings. The number of carboxylic acids is 1. The van der Waals surface area contributed by atoms with Gasteiger partial charge in [0.1, 0.15) is 6.04 Å². The van der Waals surface area contributed by atoms with Gasteiger partial charge in [0.15, 0.2) is 0 Å². The van der Waals surface area contributed by atoms with Crippen molar-refractivity contribution in [3.05, 3.63) is 29.8 Å². The van der Waals surface area contributed by atoms with Crippen LogP contribution >= 0.6 is 0 Å². The summed E-state index contributed by atoms with van der Waals surface area (Å²) in [7, 11) is 0. The summed E-state index contributed by atoms with van der Waals surface area (Å²) in [5, 5.41) is 14.1. The first kappa shape index (κ1) is 16.0. The molecule has 2 amide bonds. The zero-order valence-electron chi connectivity index (χ0n) is 12.1. The molecule has 0 spiro atoms. The van der Waals surface area contributed by atoms with Gasteiger partial charge in [0.05, 0.1) is 0 Å². The molecule has 0 unspecified atom stereocenters. The van der Waals surface area contributed by atoms with E-state index in [0.717, 1.165) is 12.8 Å². The molecule has 5 nitrogen and oxygen atoms in total. The van der Waals surface area contributed by atoms with Crippen LogP contribution in [0.2, 0.25) is 0 Å². The minimum absolute atomic E-state index is 0.176. The van der Waals surface area contributed by atoms with E-state index in [1.165, 1.54) is 5.56 Å². The normalized spacial score (nSPS) is 12.0. The Bertz CT molecular complexity index is 455. The Morgan fingerprint density at radius 3 is 2.25 bits per heavy atom. The highest BCUT2D eigenvalue weighted by Crippen LogP contribution is 2.11. The molecule has 0 aliphatic carbocycles. The molecule has 0 aromatic heterocycles. The van der Waals surface area contributed by atoms with Crippen molar-refractivity contribution in [2.24, 2.45) is 5.92 Å². The standard InChI is InChI=1S/C15H22N2O3/c1-4-5-11-6-8-12(9-7-11)16-15(20)17-13(10(2)3)14(18)19/h6-10,13H,4-5H2,1-3H3,(H,18,19)(H2,16,17,20)/t13-/m0/s1. The SMILES string of the molecule is CCCc1ccc(NC(=O)N[C@H](C(=O)O)C(C)C)cc1. The lowest BCUT2D eigenvalue weighted by atomic mass is 10.1. The molecule has 5 heteroatoms. The van der Waals surface area contributed by atoms with Gasteiger partial charge in [-0.2, -0.15) is 0 Å². The van der Waals surface area contributed by atoms with Gasteiger partial charge in [0.2, 0.25) is 0 Å². The molecule has 110 valence electrons. The predicted molar refractivity (Wildman–Crippen MR) is 78.9 cm³/mol. The maximum Gasteiger partial charge on any atom is 0.326 e. The van der Waals surface area contributed by atoms with Crippen molar-refractivity contribution in [2.75, 3.05) is 5.32 Å². The Kier molecular flexibility index (Phi) is 6.03. The lowest BCUT2D eigenvalue weighted by molar-refractivity contribution is -0.140. The Labute approximate surface area is 119 Å². The zero-order valence-corrected chi connectivity index (χ0v) is 12.1. The van der Waals surface area contributed by atoms with Crippen LogP contribution < -0.4 is 10.6 Å². The zero-order chi connectivity index (χ0) is 15.1. The Hall–Kier alpha value is -2.04. The molecular weight excluding hydrogens is 256 g/mol. The molecule has 0 aliphatic heterocycles. The minimum Gasteiger partial charge on any atom is -0.480 e. The first-order chi connectivity index (χ1) is 9.43. The monoisotopic (exact) mass is 278 g/mol. The Morgan fingerprint density at radius 2 is 1.80 bits per heavy atom. The number of rotatable bonds is 6. The molecular formula is C15H22N2O3. The maximum absolute atomic E-state index is 11.8. The van der Waals surface area contributed by atoms with E-state index in [-0.39, 0.29) is 5.92 Å². The number of aliphatic carboxylic acids is 1. The number of carbonyl (C=O) groups is 2. The van der Waals surface area contributed by atoms with Crippen molar-refractivity contribution in [1.29, 1.82) is 0 Å². The van der Waals surface area contributed by atoms with Gasteiger partial charge in [-0.1, -0.05) is 39.3 Å². The summed E-state index contributed by atoms with van der Waals surface area (Å²) in [5.74, 6) is -1.21. The summed E-state index contributed by atoms with van der Waals surface area (Å²) in [6.45, 7) is 5.61. The van der Waals surface area contributed by atoms with Crippen LogP contribution in [0.15, 0.2) is 24.3 Å². The molecule has 3 N–H and O–H groups in total. The third-order valence-corrected chi connectivity index (χ3v) is 2.97. The second-order valence-electron chi connectivity index (χ2n) is 5.11. The van der Waals surface area contributed by atoms with Gasteiger partial charge in [-0.15, -0.1) is 0 Å². The summed E-state index contributed by atoms with van der Waals surface area (Å²) < 4.78 is 0. The van der Waals surface area contributed by atoms with Gasteiger partial charge >= 0.3 is 12.0 Å². The number of anilines is 1.